The molecule has 0 radical (unpaired) electrons. The van der Waals surface area contributed by atoms with Crippen molar-refractivity contribution in [3.05, 3.63) is 34.5 Å². The first-order valence-electron chi connectivity index (χ1n) is 8.19. The third kappa shape index (κ3) is 3.77. The molecule has 138 valence electrons. The van der Waals surface area contributed by atoms with Gasteiger partial charge in [-0.3, -0.25) is 9.59 Å². The Bertz CT molecular complexity index is 820. The predicted molar refractivity (Wildman–Crippen MR) is 94.2 cm³/mol. The molecule has 9 heteroatoms. The van der Waals surface area contributed by atoms with Gasteiger partial charge in [0.15, 0.2) is 0 Å². The molecule has 3 rings (SSSR count). The van der Waals surface area contributed by atoms with E-state index in [0.717, 1.165) is 0 Å². The smallest absolute Gasteiger partial charge is 0.348 e. The Balaban J connectivity index is 1.54. The van der Waals surface area contributed by atoms with Gasteiger partial charge in [0.1, 0.15) is 16.2 Å². The highest BCUT2D eigenvalue weighted by Gasteiger charge is 2.29. The first-order valence-corrected chi connectivity index (χ1v) is 9.00. The molecule has 1 fully saturated rings. The minimum atomic E-state index is -0.425. The van der Waals surface area contributed by atoms with Gasteiger partial charge in [-0.2, -0.15) is 0 Å². The minimum absolute atomic E-state index is 0.100. The van der Waals surface area contributed by atoms with E-state index in [-0.39, 0.29) is 17.7 Å². The summed E-state index contributed by atoms with van der Waals surface area (Å²) in [6.45, 7) is 2.70. The summed E-state index contributed by atoms with van der Waals surface area (Å²) in [7, 11) is 1.32. The summed E-state index contributed by atoms with van der Waals surface area (Å²) in [6, 6.07) is 3.30. The van der Waals surface area contributed by atoms with E-state index in [1.54, 1.807) is 24.0 Å². The molecule has 0 saturated carbocycles. The molecule has 2 amide bonds. The van der Waals surface area contributed by atoms with Crippen molar-refractivity contribution < 1.29 is 23.6 Å². The molecule has 26 heavy (non-hydrogen) atoms. The average molecular weight is 377 g/mol. The number of ether oxygens (including phenoxy) is 1. The number of hydrogen-bond acceptors (Lipinski definition) is 7. The number of nitrogens with one attached hydrogen (secondary N) is 1. The van der Waals surface area contributed by atoms with Crippen LogP contribution in [0.5, 0.6) is 0 Å². The summed E-state index contributed by atoms with van der Waals surface area (Å²) in [4.78, 5) is 38.5. The van der Waals surface area contributed by atoms with Crippen LogP contribution in [0.3, 0.4) is 0 Å². The van der Waals surface area contributed by atoms with E-state index >= 15 is 0 Å². The zero-order valence-electron chi connectivity index (χ0n) is 14.5. The van der Waals surface area contributed by atoms with Crippen LogP contribution in [0.15, 0.2) is 22.9 Å². The Morgan fingerprint density at radius 2 is 2.04 bits per heavy atom. The number of aromatic nitrogens is 1. The number of aryl methyl sites for hydroxylation is 1. The standard InChI is InChI=1S/C17H19N3O5S/c1-10-12(9-18-25-10)16(22)20-7-5-11(6-8-20)15(21)19-14-4-3-13(26-14)17(23)24-2/h3-4,9,11H,5-8H2,1-2H3,(H,19,21). The Hall–Kier alpha value is -2.68. The largest absolute Gasteiger partial charge is 0.465 e. The van der Waals surface area contributed by atoms with Crippen molar-refractivity contribution >= 4 is 34.1 Å². The molecule has 0 unspecified atom stereocenters. The van der Waals surface area contributed by atoms with E-state index in [2.05, 4.69) is 15.2 Å². The van der Waals surface area contributed by atoms with Crippen LogP contribution >= 0.6 is 11.3 Å². The van der Waals surface area contributed by atoms with Crippen molar-refractivity contribution in [2.24, 2.45) is 5.92 Å². The van der Waals surface area contributed by atoms with Gasteiger partial charge in [-0.1, -0.05) is 5.16 Å². The Morgan fingerprint density at radius 3 is 2.65 bits per heavy atom. The lowest BCUT2D eigenvalue weighted by Gasteiger charge is -2.31. The number of thiophene rings is 1. The number of likely N-dealkylation sites (tertiary alicyclic amines) is 1. The zero-order valence-corrected chi connectivity index (χ0v) is 15.3. The first kappa shape index (κ1) is 18.1. The van der Waals surface area contributed by atoms with Crippen LogP contribution in [0.2, 0.25) is 0 Å². The fourth-order valence-corrected chi connectivity index (χ4v) is 3.69. The summed E-state index contributed by atoms with van der Waals surface area (Å²) < 4.78 is 9.59. The number of esters is 1. The van der Waals surface area contributed by atoms with Crippen LogP contribution in [-0.2, 0) is 9.53 Å². The van der Waals surface area contributed by atoms with Crippen LogP contribution < -0.4 is 5.32 Å². The molecule has 0 spiro atoms. The first-order chi connectivity index (χ1) is 12.5. The normalized spacial score (nSPS) is 14.9. The monoisotopic (exact) mass is 377 g/mol. The number of carbonyl (C=O) groups excluding carboxylic acids is 3. The summed E-state index contributed by atoms with van der Waals surface area (Å²) in [6.07, 6.45) is 2.58. The SMILES string of the molecule is COC(=O)c1ccc(NC(=O)C2CCN(C(=O)c3cnoc3C)CC2)s1. The van der Waals surface area contributed by atoms with Crippen LogP contribution in [0.1, 0.15) is 38.6 Å². The second kappa shape index (κ2) is 7.69. The van der Waals surface area contributed by atoms with Crippen LogP contribution in [-0.4, -0.2) is 48.0 Å². The van der Waals surface area contributed by atoms with E-state index in [4.69, 9.17) is 4.52 Å². The summed E-state index contributed by atoms with van der Waals surface area (Å²) in [5.41, 5.74) is 0.460. The number of carbonyl (C=O) groups is 3. The maximum absolute atomic E-state index is 12.4. The molecule has 1 aliphatic rings. The number of methoxy groups -OCH3 is 1. The van der Waals surface area contributed by atoms with Gasteiger partial charge in [-0.25, -0.2) is 4.79 Å². The molecule has 0 atom stereocenters. The van der Waals surface area contributed by atoms with Gasteiger partial charge in [0.05, 0.1) is 18.3 Å². The highest BCUT2D eigenvalue weighted by atomic mass is 32.1. The van der Waals surface area contributed by atoms with E-state index in [1.165, 1.54) is 24.6 Å². The average Bonchev–Trinajstić information content (AvgIpc) is 3.29. The molecular weight excluding hydrogens is 358 g/mol. The molecule has 3 heterocycles. The molecule has 2 aromatic rings. The van der Waals surface area contributed by atoms with Crippen LogP contribution in [0, 0.1) is 12.8 Å². The Labute approximate surface area is 154 Å². The number of rotatable bonds is 4. The molecule has 2 aromatic heterocycles. The van der Waals surface area contributed by atoms with E-state index < -0.39 is 5.97 Å². The highest BCUT2D eigenvalue weighted by Crippen LogP contribution is 2.26. The number of hydrogen-bond donors (Lipinski definition) is 1. The lowest BCUT2D eigenvalue weighted by molar-refractivity contribution is -0.121. The van der Waals surface area contributed by atoms with Gasteiger partial charge in [0, 0.05) is 19.0 Å². The highest BCUT2D eigenvalue weighted by molar-refractivity contribution is 7.18. The second-order valence-corrected chi connectivity index (χ2v) is 7.09. The third-order valence-corrected chi connectivity index (χ3v) is 5.35. The zero-order chi connectivity index (χ0) is 18.7. The van der Waals surface area contributed by atoms with Crippen molar-refractivity contribution in [3.63, 3.8) is 0 Å². The van der Waals surface area contributed by atoms with Crippen molar-refractivity contribution in [1.29, 1.82) is 0 Å². The lowest BCUT2D eigenvalue weighted by atomic mass is 9.95. The molecule has 1 N–H and O–H groups in total. The van der Waals surface area contributed by atoms with E-state index in [1.807, 2.05) is 0 Å². The van der Waals surface area contributed by atoms with Gasteiger partial charge in [-0.15, -0.1) is 11.3 Å². The lowest BCUT2D eigenvalue weighted by Crippen LogP contribution is -2.41. The minimum Gasteiger partial charge on any atom is -0.465 e. The number of nitrogens with zero attached hydrogens (tertiary/aromatic N) is 2. The number of piperidine rings is 1. The Morgan fingerprint density at radius 1 is 1.31 bits per heavy atom. The maximum Gasteiger partial charge on any atom is 0.348 e. The van der Waals surface area contributed by atoms with Gasteiger partial charge in [-0.05, 0) is 31.9 Å². The third-order valence-electron chi connectivity index (χ3n) is 4.37. The second-order valence-electron chi connectivity index (χ2n) is 6.01. The molecule has 8 nitrogen and oxygen atoms in total. The fraction of sp³-hybridized carbons (Fsp3) is 0.412. The van der Waals surface area contributed by atoms with E-state index in [0.29, 0.717) is 47.1 Å². The fourth-order valence-electron chi connectivity index (χ4n) is 2.86. The maximum atomic E-state index is 12.4. The molecular formula is C17H19N3O5S. The Kier molecular flexibility index (Phi) is 5.36. The molecule has 1 aliphatic heterocycles. The van der Waals surface area contributed by atoms with Crippen LogP contribution in [0.25, 0.3) is 0 Å². The van der Waals surface area contributed by atoms with Gasteiger partial charge >= 0.3 is 5.97 Å². The van der Waals surface area contributed by atoms with Gasteiger partial charge in [0.2, 0.25) is 5.91 Å². The van der Waals surface area contributed by atoms with Crippen molar-refractivity contribution in [1.82, 2.24) is 10.1 Å². The summed E-state index contributed by atoms with van der Waals surface area (Å²) in [5, 5.41) is 7.07. The number of amides is 2. The van der Waals surface area contributed by atoms with Crippen molar-refractivity contribution in [2.45, 2.75) is 19.8 Å². The van der Waals surface area contributed by atoms with E-state index in [9.17, 15) is 14.4 Å². The number of anilines is 1. The molecule has 0 aromatic carbocycles. The summed E-state index contributed by atoms with van der Waals surface area (Å²) >= 11 is 1.17. The van der Waals surface area contributed by atoms with Crippen LogP contribution in [0.4, 0.5) is 5.00 Å². The van der Waals surface area contributed by atoms with Crippen molar-refractivity contribution in [2.75, 3.05) is 25.5 Å². The molecule has 1 saturated heterocycles. The van der Waals surface area contributed by atoms with Gasteiger partial charge < -0.3 is 19.5 Å². The predicted octanol–water partition coefficient (Wildman–Crippen LogP) is 2.32. The van der Waals surface area contributed by atoms with Crippen molar-refractivity contribution in [3.8, 4) is 0 Å². The quantitative estimate of drug-likeness (QED) is 0.821. The molecule has 0 bridgehead atoms. The summed E-state index contributed by atoms with van der Waals surface area (Å²) in [5.74, 6) is -0.327. The topological polar surface area (TPSA) is 102 Å². The van der Waals surface area contributed by atoms with Gasteiger partial charge in [0.25, 0.3) is 5.91 Å². The molecule has 0 aliphatic carbocycles.